The molecule has 7 nitrogen and oxygen atoms in total. The number of aromatic nitrogens is 2. The highest BCUT2D eigenvalue weighted by Crippen LogP contribution is 2.07. The molecule has 0 bridgehead atoms. The van der Waals surface area contributed by atoms with E-state index in [1.54, 1.807) is 0 Å². The van der Waals surface area contributed by atoms with Crippen LogP contribution in [0.5, 0.6) is 0 Å². The van der Waals surface area contributed by atoms with Gasteiger partial charge in [0.15, 0.2) is 0 Å². The summed E-state index contributed by atoms with van der Waals surface area (Å²) < 4.78 is 0. The zero-order chi connectivity index (χ0) is 13.1. The zero-order valence-electron chi connectivity index (χ0n) is 9.44. The average molecular weight is 270 g/mol. The Morgan fingerprint density at radius 3 is 3.00 bits per heavy atom. The number of carbonyl (C=O) groups excluding carboxylic acids is 2. The van der Waals surface area contributed by atoms with Crippen LogP contribution in [0.2, 0.25) is 5.28 Å². The predicted molar refractivity (Wildman–Crippen MR) is 63.8 cm³/mol. The summed E-state index contributed by atoms with van der Waals surface area (Å²) >= 11 is 5.68. The van der Waals surface area contributed by atoms with Gasteiger partial charge in [0.05, 0.1) is 11.7 Å². The largest absolute Gasteiger partial charge is 0.364 e. The minimum atomic E-state index is -0.667. The molecular formula is C10H12ClN5O2. The van der Waals surface area contributed by atoms with Gasteiger partial charge in [-0.25, -0.2) is 9.97 Å². The van der Waals surface area contributed by atoms with Gasteiger partial charge in [0.2, 0.25) is 11.2 Å². The summed E-state index contributed by atoms with van der Waals surface area (Å²) in [7, 11) is 0. The number of hydrogen-bond donors (Lipinski definition) is 3. The van der Waals surface area contributed by atoms with Gasteiger partial charge in [-0.05, 0) is 24.1 Å². The van der Waals surface area contributed by atoms with Gasteiger partial charge >= 0.3 is 0 Å². The number of nitrogens with zero attached hydrogens (tertiary/aromatic N) is 2. The highest BCUT2D eigenvalue weighted by Gasteiger charge is 2.23. The Bertz CT molecular complexity index is 493. The van der Waals surface area contributed by atoms with E-state index in [1.165, 1.54) is 6.07 Å². The highest BCUT2D eigenvalue weighted by atomic mass is 35.5. The number of hydrogen-bond acceptors (Lipinski definition) is 5. The molecule has 2 amide bonds. The second-order valence-corrected chi connectivity index (χ2v) is 4.23. The van der Waals surface area contributed by atoms with E-state index in [0.29, 0.717) is 18.8 Å². The Morgan fingerprint density at radius 2 is 2.39 bits per heavy atom. The van der Waals surface area contributed by atoms with Gasteiger partial charge in [-0.15, -0.1) is 0 Å². The summed E-state index contributed by atoms with van der Waals surface area (Å²) in [5.41, 5.74) is 5.69. The fourth-order valence-corrected chi connectivity index (χ4v) is 1.90. The number of nitrogens with one attached hydrogen (secondary N) is 2. The molecule has 0 spiro atoms. The number of rotatable bonds is 4. The molecular weight excluding hydrogens is 258 g/mol. The summed E-state index contributed by atoms with van der Waals surface area (Å²) in [5.74, 6) is -0.704. The van der Waals surface area contributed by atoms with Gasteiger partial charge in [0.25, 0.3) is 5.91 Å². The Kier molecular flexibility index (Phi) is 3.73. The third kappa shape index (κ3) is 2.93. The van der Waals surface area contributed by atoms with Crippen molar-refractivity contribution in [2.45, 2.75) is 19.0 Å². The van der Waals surface area contributed by atoms with Gasteiger partial charge in [0.1, 0.15) is 5.69 Å². The first-order valence-electron chi connectivity index (χ1n) is 5.40. The maximum absolute atomic E-state index is 11.3. The lowest BCUT2D eigenvalue weighted by Gasteiger charge is -2.09. The fourth-order valence-electron chi connectivity index (χ4n) is 1.70. The SMILES string of the molecule is NC(=O)c1cc(CNC2CCNC2=O)nc(Cl)n1. The zero-order valence-corrected chi connectivity index (χ0v) is 10.2. The molecule has 0 aliphatic carbocycles. The molecule has 1 aromatic heterocycles. The standard InChI is InChI=1S/C10H12ClN5O2/c11-10-15-5(3-7(16-10)8(12)17)4-14-6-1-2-13-9(6)18/h3,6,14H,1-2,4H2,(H2,12,17)(H,13,18). The van der Waals surface area contributed by atoms with Crippen LogP contribution >= 0.6 is 11.6 Å². The summed E-state index contributed by atoms with van der Waals surface area (Å²) in [6.45, 7) is 0.980. The van der Waals surface area contributed by atoms with E-state index in [-0.39, 0.29) is 22.9 Å². The van der Waals surface area contributed by atoms with Crippen molar-refractivity contribution in [2.75, 3.05) is 6.54 Å². The third-order valence-corrected chi connectivity index (χ3v) is 2.75. The maximum Gasteiger partial charge on any atom is 0.267 e. The second-order valence-electron chi connectivity index (χ2n) is 3.89. The number of nitrogens with two attached hydrogens (primary N) is 1. The lowest BCUT2D eigenvalue weighted by atomic mass is 10.2. The first kappa shape index (κ1) is 12.7. The number of carbonyl (C=O) groups is 2. The molecule has 8 heteroatoms. The van der Waals surface area contributed by atoms with Crippen LogP contribution in [0.15, 0.2) is 6.07 Å². The van der Waals surface area contributed by atoms with Crippen molar-refractivity contribution >= 4 is 23.4 Å². The van der Waals surface area contributed by atoms with E-state index < -0.39 is 5.91 Å². The highest BCUT2D eigenvalue weighted by molar-refractivity contribution is 6.28. The van der Waals surface area contributed by atoms with Crippen molar-refractivity contribution in [1.29, 1.82) is 0 Å². The molecule has 1 saturated heterocycles. The van der Waals surface area contributed by atoms with Crippen LogP contribution in [0.25, 0.3) is 0 Å². The topological polar surface area (TPSA) is 110 Å². The van der Waals surface area contributed by atoms with E-state index in [1.807, 2.05) is 0 Å². The molecule has 18 heavy (non-hydrogen) atoms. The van der Waals surface area contributed by atoms with Crippen molar-refractivity contribution in [3.63, 3.8) is 0 Å². The first-order valence-corrected chi connectivity index (χ1v) is 5.78. The van der Waals surface area contributed by atoms with Crippen LogP contribution in [-0.2, 0) is 11.3 Å². The molecule has 1 unspecified atom stereocenters. The van der Waals surface area contributed by atoms with E-state index >= 15 is 0 Å². The van der Waals surface area contributed by atoms with Gasteiger partial charge < -0.3 is 16.4 Å². The van der Waals surface area contributed by atoms with Crippen LogP contribution in [0.3, 0.4) is 0 Å². The number of halogens is 1. The average Bonchev–Trinajstić information content (AvgIpc) is 2.71. The summed E-state index contributed by atoms with van der Waals surface area (Å²) in [6.07, 6.45) is 0.723. The van der Waals surface area contributed by atoms with Crippen molar-refractivity contribution in [3.05, 3.63) is 22.7 Å². The van der Waals surface area contributed by atoms with Crippen LogP contribution < -0.4 is 16.4 Å². The minimum Gasteiger partial charge on any atom is -0.364 e. The molecule has 2 heterocycles. The summed E-state index contributed by atoms with van der Waals surface area (Å²) in [4.78, 5) is 30.0. The molecule has 4 N–H and O–H groups in total. The number of amides is 2. The van der Waals surface area contributed by atoms with Crippen LogP contribution in [-0.4, -0.2) is 34.4 Å². The molecule has 1 aromatic rings. The molecule has 0 radical (unpaired) electrons. The quantitative estimate of drug-likeness (QED) is 0.620. The van der Waals surface area contributed by atoms with Gasteiger partial charge in [-0.3, -0.25) is 9.59 Å². The molecule has 0 saturated carbocycles. The molecule has 1 fully saturated rings. The van der Waals surface area contributed by atoms with Gasteiger partial charge in [-0.2, -0.15) is 0 Å². The monoisotopic (exact) mass is 269 g/mol. The predicted octanol–water partition coefficient (Wildman–Crippen LogP) is -0.793. The van der Waals surface area contributed by atoms with Gasteiger partial charge in [0, 0.05) is 13.1 Å². The number of primary amides is 1. The van der Waals surface area contributed by atoms with E-state index in [2.05, 4.69) is 20.6 Å². The second kappa shape index (κ2) is 5.28. The maximum atomic E-state index is 11.3. The third-order valence-electron chi connectivity index (χ3n) is 2.58. The minimum absolute atomic E-state index is 0.0368. The van der Waals surface area contributed by atoms with Gasteiger partial charge in [-0.1, -0.05) is 0 Å². The lowest BCUT2D eigenvalue weighted by Crippen LogP contribution is -2.36. The summed E-state index contributed by atoms with van der Waals surface area (Å²) in [6, 6.07) is 1.21. The first-order chi connectivity index (χ1) is 8.56. The molecule has 1 aliphatic heterocycles. The molecule has 0 aromatic carbocycles. The Labute approximate surface area is 108 Å². The van der Waals surface area contributed by atoms with Crippen LogP contribution in [0.4, 0.5) is 0 Å². The normalized spacial score (nSPS) is 18.7. The summed E-state index contributed by atoms with van der Waals surface area (Å²) in [5, 5.41) is 5.70. The Balaban J connectivity index is 2.04. The Morgan fingerprint density at radius 1 is 1.61 bits per heavy atom. The molecule has 2 rings (SSSR count). The fraction of sp³-hybridized carbons (Fsp3) is 0.400. The molecule has 1 atom stereocenters. The lowest BCUT2D eigenvalue weighted by molar-refractivity contribution is -0.120. The van der Waals surface area contributed by atoms with Crippen molar-refractivity contribution in [3.8, 4) is 0 Å². The van der Waals surface area contributed by atoms with Crippen molar-refractivity contribution < 1.29 is 9.59 Å². The van der Waals surface area contributed by atoms with Crippen molar-refractivity contribution in [1.82, 2.24) is 20.6 Å². The van der Waals surface area contributed by atoms with E-state index in [4.69, 9.17) is 17.3 Å². The molecule has 1 aliphatic rings. The molecule has 96 valence electrons. The Hall–Kier alpha value is -1.73. The van der Waals surface area contributed by atoms with Crippen LogP contribution in [0.1, 0.15) is 22.6 Å². The van der Waals surface area contributed by atoms with Crippen LogP contribution in [0, 0.1) is 0 Å². The smallest absolute Gasteiger partial charge is 0.267 e. The van der Waals surface area contributed by atoms with E-state index in [9.17, 15) is 9.59 Å². The van der Waals surface area contributed by atoms with E-state index in [0.717, 1.165) is 6.42 Å². The van der Waals surface area contributed by atoms with Crippen molar-refractivity contribution in [2.24, 2.45) is 5.73 Å².